The van der Waals surface area contributed by atoms with E-state index >= 15 is 0 Å². The first kappa shape index (κ1) is 13.9. The Balaban J connectivity index is 1.69. The summed E-state index contributed by atoms with van der Waals surface area (Å²) in [5.74, 6) is 0.615. The highest BCUT2D eigenvalue weighted by Crippen LogP contribution is 2.36. The van der Waals surface area contributed by atoms with Gasteiger partial charge in [0.2, 0.25) is 5.91 Å². The molecule has 0 spiro atoms. The molecule has 2 fully saturated rings. The average molecular weight is 315 g/mol. The highest BCUT2D eigenvalue weighted by Gasteiger charge is 2.36. The van der Waals surface area contributed by atoms with Crippen molar-refractivity contribution in [3.05, 3.63) is 5.69 Å². The number of hydrogen-bond donors (Lipinski definition) is 0. The van der Waals surface area contributed by atoms with Crippen LogP contribution in [0.3, 0.4) is 0 Å². The molecule has 0 unspecified atom stereocenters. The van der Waals surface area contributed by atoms with Gasteiger partial charge in [0.15, 0.2) is 14.0 Å². The summed E-state index contributed by atoms with van der Waals surface area (Å²) in [4.78, 5) is 13.9. The first-order valence-corrected chi connectivity index (χ1v) is 9.44. The summed E-state index contributed by atoms with van der Waals surface area (Å²) in [6, 6.07) is 0. The lowest BCUT2D eigenvalue weighted by molar-refractivity contribution is -0.133. The summed E-state index contributed by atoms with van der Waals surface area (Å²) in [7, 11) is -3.26. The van der Waals surface area contributed by atoms with Gasteiger partial charge in [-0.15, -0.1) is 5.10 Å². The molecule has 1 aromatic heterocycles. The van der Waals surface area contributed by atoms with E-state index < -0.39 is 9.84 Å². The van der Waals surface area contributed by atoms with Crippen molar-refractivity contribution in [1.82, 2.24) is 14.5 Å². The maximum Gasteiger partial charge on any atom is 0.225 e. The second kappa shape index (κ2) is 5.07. The van der Waals surface area contributed by atoms with E-state index in [0.29, 0.717) is 18.8 Å². The minimum atomic E-state index is -3.26. The molecule has 1 aromatic rings. The molecule has 0 atom stereocenters. The molecule has 0 N–H and O–H groups in total. The van der Waals surface area contributed by atoms with E-state index in [4.69, 9.17) is 0 Å². The predicted octanol–water partition coefficient (Wildman–Crippen LogP) is 1.06. The molecule has 2 heterocycles. The van der Waals surface area contributed by atoms with Gasteiger partial charge in [0, 0.05) is 42.7 Å². The minimum absolute atomic E-state index is 0.0988. The summed E-state index contributed by atoms with van der Waals surface area (Å²) in [5.41, 5.74) is 0.594. The van der Waals surface area contributed by atoms with Gasteiger partial charge in [-0.05, 0) is 25.7 Å². The summed E-state index contributed by atoms with van der Waals surface area (Å²) >= 11 is 0.943. The Morgan fingerprint density at radius 1 is 1.25 bits per heavy atom. The van der Waals surface area contributed by atoms with Crippen LogP contribution in [0.1, 0.15) is 37.3 Å². The van der Waals surface area contributed by atoms with Crippen molar-refractivity contribution < 1.29 is 13.2 Å². The third-order valence-electron chi connectivity index (χ3n) is 3.94. The molecule has 0 aromatic carbocycles. The SMILES string of the molecule is CS(=O)(=O)c1snnc1C1CCN(C(=O)C2CC2)CC1. The van der Waals surface area contributed by atoms with Crippen LogP contribution in [-0.4, -0.2) is 48.2 Å². The van der Waals surface area contributed by atoms with Crippen LogP contribution in [0.4, 0.5) is 0 Å². The zero-order valence-corrected chi connectivity index (χ0v) is 12.9. The van der Waals surface area contributed by atoms with Crippen molar-refractivity contribution in [3.63, 3.8) is 0 Å². The summed E-state index contributed by atoms with van der Waals surface area (Å²) in [5, 5.41) is 4.01. The molecule has 8 heteroatoms. The van der Waals surface area contributed by atoms with Crippen LogP contribution in [0.15, 0.2) is 4.21 Å². The average Bonchev–Trinajstić information content (AvgIpc) is 3.13. The number of carbonyl (C=O) groups is 1. The fourth-order valence-electron chi connectivity index (χ4n) is 2.66. The molecule has 0 radical (unpaired) electrons. The summed E-state index contributed by atoms with van der Waals surface area (Å²) in [6.07, 6.45) is 4.77. The number of nitrogens with zero attached hydrogens (tertiary/aromatic N) is 3. The van der Waals surface area contributed by atoms with Crippen molar-refractivity contribution in [2.24, 2.45) is 5.92 Å². The van der Waals surface area contributed by atoms with Crippen LogP contribution >= 0.6 is 11.5 Å². The Morgan fingerprint density at radius 2 is 1.90 bits per heavy atom. The fraction of sp³-hybridized carbons (Fsp3) is 0.750. The van der Waals surface area contributed by atoms with Gasteiger partial charge in [-0.25, -0.2) is 8.42 Å². The van der Waals surface area contributed by atoms with Crippen molar-refractivity contribution in [2.75, 3.05) is 19.3 Å². The molecule has 6 nitrogen and oxygen atoms in total. The largest absolute Gasteiger partial charge is 0.342 e. The standard InChI is InChI=1S/C12H17N3O3S2/c1-20(17,18)12-10(13-14-19-12)8-4-6-15(7-5-8)11(16)9-2-3-9/h8-9H,2-7H2,1H3. The Bertz CT molecular complexity index is 614. The molecule has 1 amide bonds. The van der Waals surface area contributed by atoms with E-state index in [-0.39, 0.29) is 22.0 Å². The number of rotatable bonds is 3. The zero-order valence-electron chi connectivity index (χ0n) is 11.3. The third-order valence-corrected chi connectivity index (χ3v) is 6.49. The van der Waals surface area contributed by atoms with E-state index in [1.165, 1.54) is 6.26 Å². The monoisotopic (exact) mass is 315 g/mol. The Kier molecular flexibility index (Phi) is 3.53. The van der Waals surface area contributed by atoms with Gasteiger partial charge < -0.3 is 4.90 Å². The maximum absolute atomic E-state index is 12.0. The van der Waals surface area contributed by atoms with Crippen LogP contribution in [0.5, 0.6) is 0 Å². The predicted molar refractivity (Wildman–Crippen MR) is 74.3 cm³/mol. The van der Waals surface area contributed by atoms with Gasteiger partial charge >= 0.3 is 0 Å². The van der Waals surface area contributed by atoms with E-state index in [9.17, 15) is 13.2 Å². The number of hydrogen-bond acceptors (Lipinski definition) is 6. The van der Waals surface area contributed by atoms with Gasteiger partial charge in [0.25, 0.3) is 0 Å². The van der Waals surface area contributed by atoms with Crippen molar-refractivity contribution in [1.29, 1.82) is 0 Å². The van der Waals surface area contributed by atoms with Crippen LogP contribution in [0, 0.1) is 5.92 Å². The molecule has 20 heavy (non-hydrogen) atoms. The lowest BCUT2D eigenvalue weighted by Gasteiger charge is -2.31. The van der Waals surface area contributed by atoms with E-state index in [1.807, 2.05) is 4.90 Å². The molecule has 1 saturated heterocycles. The second-order valence-electron chi connectivity index (χ2n) is 5.59. The number of carbonyl (C=O) groups excluding carboxylic acids is 1. The van der Waals surface area contributed by atoms with E-state index in [1.54, 1.807) is 0 Å². The lowest BCUT2D eigenvalue weighted by atomic mass is 9.94. The maximum atomic E-state index is 12.0. The Labute approximate surface area is 122 Å². The van der Waals surface area contributed by atoms with Crippen LogP contribution in [0.25, 0.3) is 0 Å². The normalized spacial score (nSPS) is 21.1. The van der Waals surface area contributed by atoms with E-state index in [0.717, 1.165) is 37.2 Å². The van der Waals surface area contributed by atoms with Gasteiger partial charge in [0.1, 0.15) is 0 Å². The first-order valence-electron chi connectivity index (χ1n) is 6.78. The molecule has 3 rings (SSSR count). The lowest BCUT2D eigenvalue weighted by Crippen LogP contribution is -2.39. The molecule has 110 valence electrons. The Morgan fingerprint density at radius 3 is 2.45 bits per heavy atom. The highest BCUT2D eigenvalue weighted by atomic mass is 32.2. The number of likely N-dealkylation sites (tertiary alicyclic amines) is 1. The molecule has 2 aliphatic rings. The molecule has 1 aliphatic carbocycles. The molecule has 1 aliphatic heterocycles. The number of amides is 1. The van der Waals surface area contributed by atoms with Crippen LogP contribution in [0.2, 0.25) is 0 Å². The van der Waals surface area contributed by atoms with Gasteiger partial charge in [0.05, 0.1) is 5.69 Å². The third kappa shape index (κ3) is 2.71. The van der Waals surface area contributed by atoms with Crippen LogP contribution < -0.4 is 0 Å². The number of piperidine rings is 1. The summed E-state index contributed by atoms with van der Waals surface area (Å²) in [6.45, 7) is 1.39. The molecule has 1 saturated carbocycles. The minimum Gasteiger partial charge on any atom is -0.342 e. The quantitative estimate of drug-likeness (QED) is 0.833. The molecular weight excluding hydrogens is 298 g/mol. The van der Waals surface area contributed by atoms with Gasteiger partial charge in [-0.2, -0.15) is 0 Å². The molecule has 0 bridgehead atoms. The zero-order chi connectivity index (χ0) is 14.3. The van der Waals surface area contributed by atoms with Crippen molar-refractivity contribution in [2.45, 2.75) is 35.8 Å². The smallest absolute Gasteiger partial charge is 0.225 e. The first-order chi connectivity index (χ1) is 9.47. The highest BCUT2D eigenvalue weighted by molar-refractivity contribution is 7.92. The van der Waals surface area contributed by atoms with E-state index in [2.05, 4.69) is 9.59 Å². The molecular formula is C12H17N3O3S2. The van der Waals surface area contributed by atoms with Crippen molar-refractivity contribution >= 4 is 27.3 Å². The number of aromatic nitrogens is 2. The van der Waals surface area contributed by atoms with Crippen LogP contribution in [-0.2, 0) is 14.6 Å². The topological polar surface area (TPSA) is 80.2 Å². The Hall–Kier alpha value is -1.02. The fourth-order valence-corrected chi connectivity index (χ4v) is 4.39. The summed E-state index contributed by atoms with van der Waals surface area (Å²) < 4.78 is 27.5. The van der Waals surface area contributed by atoms with Gasteiger partial charge in [-0.1, -0.05) is 4.49 Å². The van der Waals surface area contributed by atoms with Gasteiger partial charge in [-0.3, -0.25) is 4.79 Å². The second-order valence-corrected chi connectivity index (χ2v) is 8.56. The number of sulfone groups is 1. The van der Waals surface area contributed by atoms with Crippen molar-refractivity contribution in [3.8, 4) is 0 Å².